The lowest BCUT2D eigenvalue weighted by atomic mass is 10.3. The van der Waals surface area contributed by atoms with E-state index in [1.54, 1.807) is 22.6 Å². The highest BCUT2D eigenvalue weighted by Gasteiger charge is 2.03. The van der Waals surface area contributed by atoms with Crippen LogP contribution in [-0.4, -0.2) is 0 Å². The first-order chi connectivity index (χ1) is 4.61. The third kappa shape index (κ3) is 1.36. The smallest absolute Gasteiger partial charge is 0.147 e. The molecule has 1 aromatic carbocycles. The van der Waals surface area contributed by atoms with Gasteiger partial charge in [-0.25, -0.2) is 8.78 Å². The molecule has 0 unspecified atom stereocenters. The van der Waals surface area contributed by atoms with Crippen LogP contribution in [0.15, 0.2) is 12.1 Å². The van der Waals surface area contributed by atoms with Gasteiger partial charge in [-0.3, -0.25) is 0 Å². The summed E-state index contributed by atoms with van der Waals surface area (Å²) < 4.78 is 25.2. The average molecular weight is 255 g/mol. The van der Waals surface area contributed by atoms with Crippen molar-refractivity contribution < 1.29 is 8.78 Å². The largest absolute Gasteiger partial charge is 0.396 e. The number of nitrogens with two attached hydrogens (primary N) is 1. The predicted molar refractivity (Wildman–Crippen MR) is 43.5 cm³/mol. The van der Waals surface area contributed by atoms with Crippen molar-refractivity contribution in [3.8, 4) is 0 Å². The molecule has 0 fully saturated rings. The van der Waals surface area contributed by atoms with Crippen molar-refractivity contribution in [1.82, 2.24) is 0 Å². The molecule has 1 aromatic rings. The van der Waals surface area contributed by atoms with Crippen LogP contribution in [0.5, 0.6) is 0 Å². The highest BCUT2D eigenvalue weighted by Crippen LogP contribution is 2.17. The van der Waals surface area contributed by atoms with E-state index in [4.69, 9.17) is 5.73 Å². The van der Waals surface area contributed by atoms with Gasteiger partial charge in [0.05, 0.1) is 9.26 Å². The van der Waals surface area contributed by atoms with Crippen LogP contribution in [0.25, 0.3) is 0 Å². The van der Waals surface area contributed by atoms with Gasteiger partial charge in [-0.2, -0.15) is 0 Å². The van der Waals surface area contributed by atoms with Crippen molar-refractivity contribution >= 4 is 28.3 Å². The summed E-state index contributed by atoms with van der Waals surface area (Å²) in [5.74, 6) is -1.06. The highest BCUT2D eigenvalue weighted by atomic mass is 127. The molecule has 0 bridgehead atoms. The van der Waals surface area contributed by atoms with Gasteiger partial charge in [-0.05, 0) is 28.7 Å². The van der Waals surface area contributed by atoms with Gasteiger partial charge in [0, 0.05) is 6.07 Å². The van der Waals surface area contributed by atoms with Gasteiger partial charge in [0.25, 0.3) is 0 Å². The van der Waals surface area contributed by atoms with E-state index >= 15 is 0 Å². The van der Waals surface area contributed by atoms with E-state index in [0.29, 0.717) is 0 Å². The molecule has 0 atom stereocenters. The van der Waals surface area contributed by atoms with Crippen molar-refractivity contribution in [1.29, 1.82) is 0 Å². The zero-order chi connectivity index (χ0) is 7.72. The van der Waals surface area contributed by atoms with Crippen LogP contribution >= 0.6 is 22.6 Å². The quantitative estimate of drug-likeness (QED) is 0.429. The van der Waals surface area contributed by atoms with Gasteiger partial charge in [-0.15, -0.1) is 0 Å². The molecule has 4 heteroatoms. The Morgan fingerprint density at radius 1 is 1.20 bits per heavy atom. The summed E-state index contributed by atoms with van der Waals surface area (Å²) in [4.78, 5) is 0. The van der Waals surface area contributed by atoms with Crippen molar-refractivity contribution in [2.45, 2.75) is 0 Å². The molecule has 0 aliphatic rings. The highest BCUT2D eigenvalue weighted by molar-refractivity contribution is 14.1. The normalized spacial score (nSPS) is 9.90. The minimum atomic E-state index is -0.578. The first-order valence-corrected chi connectivity index (χ1v) is 3.59. The van der Waals surface area contributed by atoms with E-state index in [9.17, 15) is 8.78 Å². The minimum Gasteiger partial charge on any atom is -0.396 e. The summed E-state index contributed by atoms with van der Waals surface area (Å²) in [6.45, 7) is 0. The predicted octanol–water partition coefficient (Wildman–Crippen LogP) is 2.15. The third-order valence-corrected chi connectivity index (χ3v) is 1.87. The van der Waals surface area contributed by atoms with Crippen LogP contribution < -0.4 is 5.73 Å². The van der Waals surface area contributed by atoms with Gasteiger partial charge in [0.15, 0.2) is 0 Å². The maximum atomic E-state index is 12.5. The summed E-state index contributed by atoms with van der Waals surface area (Å²) >= 11 is 1.70. The molecule has 0 aliphatic heterocycles. The standard InChI is InChI=1S/C6H4F2IN/c7-3-2-6(10)4(8)1-5(3)9/h1-2H,10H2. The van der Waals surface area contributed by atoms with Crippen LogP contribution in [0.4, 0.5) is 14.5 Å². The number of benzene rings is 1. The summed E-state index contributed by atoms with van der Waals surface area (Å²) in [5.41, 5.74) is 4.92. The second-order valence-electron chi connectivity index (χ2n) is 1.79. The Morgan fingerprint density at radius 3 is 2.30 bits per heavy atom. The van der Waals surface area contributed by atoms with E-state index in [0.717, 1.165) is 12.1 Å². The molecule has 0 amide bonds. The molecule has 0 aromatic heterocycles. The van der Waals surface area contributed by atoms with Crippen molar-refractivity contribution in [3.63, 3.8) is 0 Å². The van der Waals surface area contributed by atoms with E-state index in [2.05, 4.69) is 0 Å². The fraction of sp³-hybridized carbons (Fsp3) is 0. The number of anilines is 1. The Morgan fingerprint density at radius 2 is 1.80 bits per heavy atom. The van der Waals surface area contributed by atoms with Crippen LogP contribution in [0.3, 0.4) is 0 Å². The Labute approximate surface area is 70.4 Å². The number of halogens is 3. The van der Waals surface area contributed by atoms with Crippen LogP contribution in [0.1, 0.15) is 0 Å². The molecular formula is C6H4F2IN. The average Bonchev–Trinajstić information content (AvgIpc) is 1.84. The van der Waals surface area contributed by atoms with E-state index < -0.39 is 11.6 Å². The molecule has 0 saturated heterocycles. The van der Waals surface area contributed by atoms with Crippen molar-refractivity contribution in [3.05, 3.63) is 27.3 Å². The SMILES string of the molecule is Nc1cc(F)c(I)cc1F. The molecular weight excluding hydrogens is 251 g/mol. The van der Waals surface area contributed by atoms with E-state index in [1.165, 1.54) is 0 Å². The Balaban J connectivity index is 3.28. The maximum absolute atomic E-state index is 12.5. The lowest BCUT2D eigenvalue weighted by Crippen LogP contribution is -1.93. The Kier molecular flexibility index (Phi) is 2.08. The van der Waals surface area contributed by atoms with Crippen LogP contribution in [0.2, 0.25) is 0 Å². The van der Waals surface area contributed by atoms with Crippen LogP contribution in [0, 0.1) is 15.2 Å². The van der Waals surface area contributed by atoms with Gasteiger partial charge in [-0.1, -0.05) is 0 Å². The Bertz CT molecular complexity index is 212. The number of rotatable bonds is 0. The second-order valence-corrected chi connectivity index (χ2v) is 2.95. The minimum absolute atomic E-state index is 0.155. The molecule has 54 valence electrons. The summed E-state index contributed by atoms with van der Waals surface area (Å²) in [6, 6.07) is 2.03. The molecule has 0 radical (unpaired) electrons. The molecule has 1 rings (SSSR count). The molecule has 1 nitrogen and oxygen atoms in total. The lowest BCUT2D eigenvalue weighted by Gasteiger charge is -1.97. The molecule has 0 aliphatic carbocycles. The van der Waals surface area contributed by atoms with Gasteiger partial charge in [0.2, 0.25) is 0 Å². The first-order valence-electron chi connectivity index (χ1n) is 2.51. The maximum Gasteiger partial charge on any atom is 0.147 e. The molecule has 0 spiro atoms. The third-order valence-electron chi connectivity index (χ3n) is 1.04. The van der Waals surface area contributed by atoms with Crippen molar-refractivity contribution in [2.75, 3.05) is 5.73 Å². The zero-order valence-corrected chi connectivity index (χ0v) is 7.02. The lowest BCUT2D eigenvalue weighted by molar-refractivity contribution is 0.597. The monoisotopic (exact) mass is 255 g/mol. The summed E-state index contributed by atoms with van der Waals surface area (Å²) in [7, 11) is 0. The topological polar surface area (TPSA) is 26.0 Å². The zero-order valence-electron chi connectivity index (χ0n) is 4.87. The second kappa shape index (κ2) is 2.69. The summed E-state index contributed by atoms with van der Waals surface area (Å²) in [6.07, 6.45) is 0. The number of hydrogen-bond acceptors (Lipinski definition) is 1. The Hall–Kier alpha value is -0.390. The van der Waals surface area contributed by atoms with Crippen molar-refractivity contribution in [2.24, 2.45) is 0 Å². The molecule has 0 saturated carbocycles. The fourth-order valence-corrected chi connectivity index (χ4v) is 0.967. The molecule has 2 N–H and O–H groups in total. The fourth-order valence-electron chi connectivity index (χ4n) is 0.538. The van der Waals surface area contributed by atoms with Crippen LogP contribution in [-0.2, 0) is 0 Å². The molecule has 0 heterocycles. The number of nitrogen functional groups attached to an aromatic ring is 1. The first kappa shape index (κ1) is 7.71. The van der Waals surface area contributed by atoms with E-state index in [-0.39, 0.29) is 9.26 Å². The van der Waals surface area contributed by atoms with E-state index in [1.807, 2.05) is 0 Å². The van der Waals surface area contributed by atoms with Gasteiger partial charge >= 0.3 is 0 Å². The van der Waals surface area contributed by atoms with Gasteiger partial charge < -0.3 is 5.73 Å². The summed E-state index contributed by atoms with van der Waals surface area (Å²) in [5, 5.41) is 0. The van der Waals surface area contributed by atoms with Gasteiger partial charge in [0.1, 0.15) is 11.6 Å². The number of hydrogen-bond donors (Lipinski definition) is 1. The molecule has 10 heavy (non-hydrogen) atoms.